The summed E-state index contributed by atoms with van der Waals surface area (Å²) in [6, 6.07) is 10.9. The molecule has 1 amide bonds. The molecule has 2 N–H and O–H groups in total. The van der Waals surface area contributed by atoms with Crippen molar-refractivity contribution in [2.45, 2.75) is 38.8 Å². The lowest BCUT2D eigenvalue weighted by Gasteiger charge is -2.26. The second kappa shape index (κ2) is 11.7. The van der Waals surface area contributed by atoms with E-state index in [2.05, 4.69) is 15.6 Å². The molecule has 1 aliphatic rings. The van der Waals surface area contributed by atoms with Crippen LogP contribution in [0.3, 0.4) is 0 Å². The highest BCUT2D eigenvalue weighted by atomic mass is 16.5. The Kier molecular flexibility index (Phi) is 8.65. The Bertz CT molecular complexity index is 1050. The average Bonchev–Trinajstić information content (AvgIpc) is 2.84. The summed E-state index contributed by atoms with van der Waals surface area (Å²) in [6.45, 7) is 5.18. The average molecular weight is 467 g/mol. The van der Waals surface area contributed by atoms with Crippen LogP contribution in [0, 0.1) is 6.92 Å². The Morgan fingerprint density at radius 3 is 2.74 bits per heavy atom. The summed E-state index contributed by atoms with van der Waals surface area (Å²) in [5.74, 6) is -0.482. The molecule has 182 valence electrons. The van der Waals surface area contributed by atoms with E-state index in [1.165, 1.54) is 7.11 Å². The number of para-hydroxylation sites is 1. The number of amides is 1. The SMILES string of the molecule is COC(=O)c1ccccc1NC(C)c1cc(C)cc2c1NC=NCCC(OC)CCN(C)C2=O. The van der Waals surface area contributed by atoms with Gasteiger partial charge in [-0.3, -0.25) is 9.79 Å². The van der Waals surface area contributed by atoms with Crippen LogP contribution in [0.5, 0.6) is 0 Å². The van der Waals surface area contributed by atoms with Crippen LogP contribution in [0.4, 0.5) is 11.4 Å². The summed E-state index contributed by atoms with van der Waals surface area (Å²) in [5, 5.41) is 6.68. The summed E-state index contributed by atoms with van der Waals surface area (Å²) >= 11 is 0. The molecule has 0 aromatic heterocycles. The largest absolute Gasteiger partial charge is 0.465 e. The maximum atomic E-state index is 13.4. The third kappa shape index (κ3) is 5.94. The summed E-state index contributed by atoms with van der Waals surface area (Å²) in [5.41, 5.74) is 4.25. The summed E-state index contributed by atoms with van der Waals surface area (Å²) < 4.78 is 10.5. The van der Waals surface area contributed by atoms with Gasteiger partial charge in [0.15, 0.2) is 0 Å². The fraction of sp³-hybridized carbons (Fsp3) is 0.423. The molecule has 2 aromatic rings. The topological polar surface area (TPSA) is 92.3 Å². The maximum Gasteiger partial charge on any atom is 0.339 e. The predicted octanol–water partition coefficient (Wildman–Crippen LogP) is 4.28. The number of ether oxygens (including phenoxy) is 2. The van der Waals surface area contributed by atoms with Gasteiger partial charge >= 0.3 is 5.97 Å². The number of fused-ring (bicyclic) bond motifs is 1. The molecule has 0 fully saturated rings. The van der Waals surface area contributed by atoms with Crippen LogP contribution in [0.25, 0.3) is 0 Å². The van der Waals surface area contributed by atoms with Crippen LogP contribution in [-0.2, 0) is 9.47 Å². The molecule has 0 saturated heterocycles. The molecular formula is C26H34N4O4. The molecule has 8 heteroatoms. The molecule has 0 spiro atoms. The van der Waals surface area contributed by atoms with Gasteiger partial charge in [0.05, 0.1) is 42.4 Å². The highest BCUT2D eigenvalue weighted by Crippen LogP contribution is 2.32. The summed E-state index contributed by atoms with van der Waals surface area (Å²) in [6.07, 6.45) is 3.23. The van der Waals surface area contributed by atoms with Crippen molar-refractivity contribution in [3.63, 3.8) is 0 Å². The number of aryl methyl sites for hydroxylation is 1. The van der Waals surface area contributed by atoms with E-state index in [-0.39, 0.29) is 18.1 Å². The third-order valence-corrected chi connectivity index (χ3v) is 6.06. The Labute approximate surface area is 201 Å². The molecule has 0 bridgehead atoms. The first kappa shape index (κ1) is 25.2. The lowest BCUT2D eigenvalue weighted by Crippen LogP contribution is -2.32. The number of carbonyl (C=O) groups is 2. The number of hydrogen-bond acceptors (Lipinski definition) is 7. The van der Waals surface area contributed by atoms with Gasteiger partial charge in [0.25, 0.3) is 5.91 Å². The van der Waals surface area contributed by atoms with Crippen LogP contribution in [-0.4, -0.2) is 63.6 Å². The third-order valence-electron chi connectivity index (χ3n) is 6.06. The zero-order valence-electron chi connectivity index (χ0n) is 20.6. The van der Waals surface area contributed by atoms with E-state index in [1.807, 2.05) is 45.2 Å². The van der Waals surface area contributed by atoms with Crippen molar-refractivity contribution >= 4 is 29.6 Å². The normalized spacial score (nSPS) is 17.6. The number of aliphatic imine (C=N–C) groups is 1. The van der Waals surface area contributed by atoms with Gasteiger partial charge in [0.1, 0.15) is 0 Å². The molecule has 0 saturated carbocycles. The van der Waals surface area contributed by atoms with Crippen molar-refractivity contribution < 1.29 is 19.1 Å². The number of carbonyl (C=O) groups excluding carboxylic acids is 2. The van der Waals surface area contributed by atoms with Gasteiger partial charge in [0, 0.05) is 32.9 Å². The number of anilines is 2. The molecule has 0 aliphatic carbocycles. The predicted molar refractivity (Wildman–Crippen MR) is 135 cm³/mol. The Morgan fingerprint density at radius 2 is 2.00 bits per heavy atom. The fourth-order valence-corrected chi connectivity index (χ4v) is 4.11. The molecular weight excluding hydrogens is 432 g/mol. The van der Waals surface area contributed by atoms with E-state index in [9.17, 15) is 9.59 Å². The Balaban J connectivity index is 2.00. The van der Waals surface area contributed by atoms with Crippen LogP contribution in [0.2, 0.25) is 0 Å². The molecule has 1 heterocycles. The van der Waals surface area contributed by atoms with Crippen molar-refractivity contribution in [3.8, 4) is 0 Å². The first-order valence-corrected chi connectivity index (χ1v) is 11.5. The highest BCUT2D eigenvalue weighted by molar-refractivity contribution is 6.03. The van der Waals surface area contributed by atoms with Crippen LogP contribution < -0.4 is 10.6 Å². The first-order valence-electron chi connectivity index (χ1n) is 11.5. The monoisotopic (exact) mass is 466 g/mol. The lowest BCUT2D eigenvalue weighted by molar-refractivity contribution is 0.0601. The molecule has 1 aliphatic heterocycles. The quantitative estimate of drug-likeness (QED) is 0.639. The fourth-order valence-electron chi connectivity index (χ4n) is 4.11. The minimum absolute atomic E-state index is 0.0541. The van der Waals surface area contributed by atoms with E-state index in [0.717, 1.165) is 24.0 Å². The van der Waals surface area contributed by atoms with Gasteiger partial charge in [-0.1, -0.05) is 18.2 Å². The summed E-state index contributed by atoms with van der Waals surface area (Å²) in [7, 11) is 4.87. The molecule has 0 radical (unpaired) electrons. The van der Waals surface area contributed by atoms with Gasteiger partial charge in [-0.25, -0.2) is 4.79 Å². The van der Waals surface area contributed by atoms with Crippen molar-refractivity contribution in [3.05, 3.63) is 58.7 Å². The number of nitrogens with one attached hydrogen (secondary N) is 2. The number of esters is 1. The second-order valence-corrected chi connectivity index (χ2v) is 8.52. The van der Waals surface area contributed by atoms with Gasteiger partial charge in [-0.2, -0.15) is 0 Å². The number of rotatable bonds is 5. The van der Waals surface area contributed by atoms with Crippen molar-refractivity contribution in [1.29, 1.82) is 0 Å². The van der Waals surface area contributed by atoms with E-state index in [1.54, 1.807) is 30.5 Å². The highest BCUT2D eigenvalue weighted by Gasteiger charge is 2.23. The number of methoxy groups -OCH3 is 2. The smallest absolute Gasteiger partial charge is 0.339 e. The molecule has 34 heavy (non-hydrogen) atoms. The van der Waals surface area contributed by atoms with Crippen molar-refractivity contribution in [1.82, 2.24) is 4.90 Å². The number of nitrogens with zero attached hydrogens (tertiary/aromatic N) is 2. The molecule has 8 nitrogen and oxygen atoms in total. The van der Waals surface area contributed by atoms with Gasteiger partial charge < -0.3 is 25.0 Å². The zero-order chi connectivity index (χ0) is 24.7. The minimum Gasteiger partial charge on any atom is -0.465 e. The Morgan fingerprint density at radius 1 is 1.24 bits per heavy atom. The van der Waals surface area contributed by atoms with E-state index < -0.39 is 5.97 Å². The van der Waals surface area contributed by atoms with Gasteiger partial charge in [0.2, 0.25) is 0 Å². The van der Waals surface area contributed by atoms with Crippen LogP contribution in [0.1, 0.15) is 57.7 Å². The lowest BCUT2D eigenvalue weighted by atomic mass is 9.97. The Hall–Kier alpha value is -3.39. The van der Waals surface area contributed by atoms with Crippen molar-refractivity contribution in [2.75, 3.05) is 45.0 Å². The molecule has 2 aromatic carbocycles. The number of benzene rings is 2. The summed E-state index contributed by atoms with van der Waals surface area (Å²) in [4.78, 5) is 31.9. The van der Waals surface area contributed by atoms with Gasteiger partial charge in [-0.05, 0) is 56.0 Å². The molecule has 2 atom stereocenters. The second-order valence-electron chi connectivity index (χ2n) is 8.52. The maximum absolute atomic E-state index is 13.4. The first-order chi connectivity index (χ1) is 16.3. The molecule has 2 unspecified atom stereocenters. The van der Waals surface area contributed by atoms with E-state index >= 15 is 0 Å². The van der Waals surface area contributed by atoms with E-state index in [4.69, 9.17) is 9.47 Å². The zero-order valence-corrected chi connectivity index (χ0v) is 20.6. The minimum atomic E-state index is -0.411. The standard InChI is InChI=1S/C26H34N4O4/c1-17-14-21(18(2)29-23-9-7-6-8-20(23)26(32)34-5)24-22(15-17)25(31)30(3)13-11-19(33-4)10-12-27-16-28-24/h6-9,14-16,18-19,29H,10-13H2,1-5H3,(H,27,28). The van der Waals surface area contributed by atoms with Gasteiger partial charge in [-0.15, -0.1) is 0 Å². The van der Waals surface area contributed by atoms with Crippen LogP contribution >= 0.6 is 0 Å². The number of hydrogen-bond donors (Lipinski definition) is 2. The molecule has 3 rings (SSSR count). The van der Waals surface area contributed by atoms with Crippen LogP contribution in [0.15, 0.2) is 41.4 Å². The van der Waals surface area contributed by atoms with E-state index in [0.29, 0.717) is 35.6 Å². The van der Waals surface area contributed by atoms with Crippen molar-refractivity contribution in [2.24, 2.45) is 4.99 Å².